The normalized spacial score (nSPS) is 19.8. The first-order valence-electron chi connectivity index (χ1n) is 9.14. The van der Waals surface area contributed by atoms with Gasteiger partial charge in [0.2, 0.25) is 0 Å². The molecule has 1 saturated heterocycles. The molecule has 3 aromatic rings. The molecule has 7 nitrogen and oxygen atoms in total. The Morgan fingerprint density at radius 2 is 1.93 bits per heavy atom. The molecule has 2 atom stereocenters. The molecule has 0 radical (unpaired) electrons. The Morgan fingerprint density at radius 1 is 1.17 bits per heavy atom. The monoisotopic (exact) mass is 461 g/mol. The van der Waals surface area contributed by atoms with E-state index in [9.17, 15) is 25.2 Å². The maximum absolute atomic E-state index is 12.8. The molecular weight excluding hydrogens is 442 g/mol. The number of fused-ring (bicyclic) bond motifs is 1. The second-order valence-electron chi connectivity index (χ2n) is 7.30. The van der Waals surface area contributed by atoms with Gasteiger partial charge >= 0.3 is 0 Å². The van der Waals surface area contributed by atoms with Crippen molar-refractivity contribution in [2.45, 2.75) is 18.4 Å². The Bertz CT molecular complexity index is 1160. The van der Waals surface area contributed by atoms with Crippen molar-refractivity contribution in [2.75, 3.05) is 20.2 Å². The Kier molecular flexibility index (Phi) is 5.02. The van der Waals surface area contributed by atoms with E-state index in [0.29, 0.717) is 28.6 Å². The summed E-state index contributed by atoms with van der Waals surface area (Å²) in [7, 11) is 1.88. The second kappa shape index (κ2) is 7.37. The van der Waals surface area contributed by atoms with Crippen molar-refractivity contribution in [1.29, 1.82) is 0 Å². The van der Waals surface area contributed by atoms with E-state index < -0.39 is 5.43 Å². The van der Waals surface area contributed by atoms with Crippen LogP contribution in [0, 0.1) is 0 Å². The lowest BCUT2D eigenvalue weighted by molar-refractivity contribution is 0.172. The number of likely N-dealkylation sites (N-methyl/N-ethyl adjacent to an activating group) is 1. The minimum absolute atomic E-state index is 0.00249. The highest BCUT2D eigenvalue weighted by molar-refractivity contribution is 9.10. The van der Waals surface area contributed by atoms with E-state index in [4.69, 9.17) is 4.42 Å². The molecular formula is C21H20BrNO6. The standard InChI is InChI=1S/C21H20BrNO6/c1-23-5-4-11(14(23)9-24)19-15(26)7-16(27)20-17(28)8-18(29-21(19)20)12-6-10(25)2-3-13(12)22/h2-3,6-8,11,14,24-27H,4-5,9H2,1H3/t11-,14+/m1/s1. The van der Waals surface area contributed by atoms with Crippen LogP contribution in [0.4, 0.5) is 0 Å². The lowest BCUT2D eigenvalue weighted by Crippen LogP contribution is -2.32. The molecule has 4 rings (SSSR count). The minimum atomic E-state index is -0.470. The van der Waals surface area contributed by atoms with Crippen molar-refractivity contribution in [2.24, 2.45) is 0 Å². The number of aliphatic hydroxyl groups excluding tert-OH is 1. The van der Waals surface area contributed by atoms with Crippen LogP contribution >= 0.6 is 15.9 Å². The number of aromatic hydroxyl groups is 3. The molecule has 0 bridgehead atoms. The van der Waals surface area contributed by atoms with Crippen LogP contribution in [0.15, 0.2) is 44.0 Å². The van der Waals surface area contributed by atoms with Gasteiger partial charge in [-0.2, -0.15) is 0 Å². The molecule has 2 aromatic carbocycles. The molecule has 29 heavy (non-hydrogen) atoms. The number of phenolic OH excluding ortho intramolecular Hbond substituents is 3. The van der Waals surface area contributed by atoms with Gasteiger partial charge in [0, 0.05) is 39.7 Å². The van der Waals surface area contributed by atoms with Gasteiger partial charge in [0.1, 0.15) is 34.0 Å². The van der Waals surface area contributed by atoms with Gasteiger partial charge in [0.15, 0.2) is 5.43 Å². The van der Waals surface area contributed by atoms with Crippen LogP contribution in [0.2, 0.25) is 0 Å². The van der Waals surface area contributed by atoms with Crippen LogP contribution in [-0.4, -0.2) is 51.6 Å². The Labute approximate surface area is 174 Å². The number of aliphatic hydroxyl groups is 1. The van der Waals surface area contributed by atoms with E-state index >= 15 is 0 Å². The highest BCUT2D eigenvalue weighted by Crippen LogP contribution is 2.44. The van der Waals surface area contributed by atoms with Crippen molar-refractivity contribution in [3.05, 3.63) is 50.6 Å². The SMILES string of the molecule is CN1CC[C@@H](c2c(O)cc(O)c3c(=O)cc(-c4cc(O)ccc4Br)oc23)[C@@H]1CO. The molecule has 0 saturated carbocycles. The quantitative estimate of drug-likeness (QED) is 0.473. The summed E-state index contributed by atoms with van der Waals surface area (Å²) in [6, 6.07) is 6.71. The summed E-state index contributed by atoms with van der Waals surface area (Å²) in [4.78, 5) is 14.8. The van der Waals surface area contributed by atoms with Crippen molar-refractivity contribution in [3.63, 3.8) is 0 Å². The molecule has 1 aliphatic rings. The number of nitrogens with zero attached hydrogens (tertiary/aromatic N) is 1. The Hall–Kier alpha value is -2.55. The Morgan fingerprint density at radius 3 is 2.66 bits per heavy atom. The highest BCUT2D eigenvalue weighted by atomic mass is 79.9. The average Bonchev–Trinajstić information content (AvgIpc) is 3.03. The van der Waals surface area contributed by atoms with Gasteiger partial charge in [-0.15, -0.1) is 0 Å². The second-order valence-corrected chi connectivity index (χ2v) is 8.15. The third-order valence-electron chi connectivity index (χ3n) is 5.59. The maximum atomic E-state index is 12.8. The van der Waals surface area contributed by atoms with Crippen LogP contribution in [0.3, 0.4) is 0 Å². The number of rotatable bonds is 3. The van der Waals surface area contributed by atoms with Crippen LogP contribution in [0.25, 0.3) is 22.3 Å². The minimum Gasteiger partial charge on any atom is -0.508 e. The molecule has 2 heterocycles. The predicted octanol–water partition coefficient (Wildman–Crippen LogP) is 3.12. The molecule has 1 fully saturated rings. The number of likely N-dealkylation sites (tertiary alicyclic amines) is 1. The van der Waals surface area contributed by atoms with Crippen LogP contribution in [0.1, 0.15) is 17.9 Å². The van der Waals surface area contributed by atoms with Crippen molar-refractivity contribution >= 4 is 26.9 Å². The van der Waals surface area contributed by atoms with Crippen LogP contribution in [0.5, 0.6) is 17.2 Å². The summed E-state index contributed by atoms with van der Waals surface area (Å²) in [6.45, 7) is 0.588. The van der Waals surface area contributed by atoms with E-state index in [2.05, 4.69) is 15.9 Å². The van der Waals surface area contributed by atoms with Gasteiger partial charge < -0.3 is 29.7 Å². The zero-order chi connectivity index (χ0) is 20.9. The molecule has 1 aliphatic heterocycles. The zero-order valence-electron chi connectivity index (χ0n) is 15.6. The average molecular weight is 462 g/mol. The molecule has 0 amide bonds. The molecule has 152 valence electrons. The molecule has 0 aliphatic carbocycles. The maximum Gasteiger partial charge on any atom is 0.197 e. The van der Waals surface area contributed by atoms with E-state index in [1.807, 2.05) is 11.9 Å². The van der Waals surface area contributed by atoms with E-state index in [1.165, 1.54) is 18.2 Å². The topological polar surface area (TPSA) is 114 Å². The third-order valence-corrected chi connectivity index (χ3v) is 6.29. The van der Waals surface area contributed by atoms with Gasteiger partial charge in [-0.1, -0.05) is 15.9 Å². The number of benzene rings is 2. The Balaban J connectivity index is 2.03. The van der Waals surface area contributed by atoms with Crippen molar-refractivity contribution < 1.29 is 24.8 Å². The fraction of sp³-hybridized carbons (Fsp3) is 0.286. The molecule has 4 N–H and O–H groups in total. The molecule has 1 aromatic heterocycles. The van der Waals surface area contributed by atoms with Crippen molar-refractivity contribution in [1.82, 2.24) is 4.90 Å². The first kappa shape index (κ1) is 19.8. The lowest BCUT2D eigenvalue weighted by atomic mass is 9.89. The van der Waals surface area contributed by atoms with Crippen LogP contribution < -0.4 is 5.43 Å². The first-order valence-corrected chi connectivity index (χ1v) is 9.93. The van der Waals surface area contributed by atoms with E-state index in [0.717, 1.165) is 6.07 Å². The fourth-order valence-corrected chi connectivity index (χ4v) is 4.57. The summed E-state index contributed by atoms with van der Waals surface area (Å²) in [5, 5.41) is 40.6. The van der Waals surface area contributed by atoms with E-state index in [-0.39, 0.29) is 52.5 Å². The smallest absolute Gasteiger partial charge is 0.197 e. The molecule has 0 unspecified atom stereocenters. The van der Waals surface area contributed by atoms with Gasteiger partial charge in [0.25, 0.3) is 0 Å². The lowest BCUT2D eigenvalue weighted by Gasteiger charge is -2.24. The third kappa shape index (κ3) is 3.27. The summed E-state index contributed by atoms with van der Waals surface area (Å²) >= 11 is 3.39. The van der Waals surface area contributed by atoms with Crippen LogP contribution in [-0.2, 0) is 0 Å². The van der Waals surface area contributed by atoms with Crippen molar-refractivity contribution in [3.8, 4) is 28.6 Å². The molecule has 8 heteroatoms. The van der Waals surface area contributed by atoms with E-state index in [1.54, 1.807) is 6.07 Å². The highest BCUT2D eigenvalue weighted by Gasteiger charge is 2.36. The predicted molar refractivity (Wildman–Crippen MR) is 111 cm³/mol. The summed E-state index contributed by atoms with van der Waals surface area (Å²) < 4.78 is 6.65. The molecule has 0 spiro atoms. The van der Waals surface area contributed by atoms with Gasteiger partial charge in [-0.25, -0.2) is 0 Å². The summed E-state index contributed by atoms with van der Waals surface area (Å²) in [5.74, 6) is -0.655. The fourth-order valence-electron chi connectivity index (χ4n) is 4.13. The number of phenols is 3. The number of hydrogen-bond donors (Lipinski definition) is 4. The van der Waals surface area contributed by atoms with Gasteiger partial charge in [-0.05, 0) is 38.2 Å². The van der Waals surface area contributed by atoms with Gasteiger partial charge in [-0.3, -0.25) is 4.79 Å². The number of halogens is 1. The summed E-state index contributed by atoms with van der Waals surface area (Å²) in [6.07, 6.45) is 0.652. The zero-order valence-corrected chi connectivity index (χ0v) is 17.2. The largest absolute Gasteiger partial charge is 0.508 e. The summed E-state index contributed by atoms with van der Waals surface area (Å²) in [5.41, 5.74) is 0.456. The van der Waals surface area contributed by atoms with Gasteiger partial charge in [0.05, 0.1) is 6.61 Å². The first-order chi connectivity index (χ1) is 13.8. The number of hydrogen-bond acceptors (Lipinski definition) is 7.